The van der Waals surface area contributed by atoms with Crippen LogP contribution in [0.3, 0.4) is 0 Å². The van der Waals surface area contributed by atoms with Crippen LogP contribution in [0.25, 0.3) is 0 Å². The molecule has 7 heteroatoms. The number of amides is 1. The Bertz CT molecular complexity index is 810. The van der Waals surface area contributed by atoms with Gasteiger partial charge in [0, 0.05) is 31.3 Å². The number of nitrogens with one attached hydrogen (secondary N) is 1. The van der Waals surface area contributed by atoms with Crippen molar-refractivity contribution in [1.82, 2.24) is 19.9 Å². The van der Waals surface area contributed by atoms with Crippen molar-refractivity contribution in [2.45, 2.75) is 13.1 Å². The van der Waals surface area contributed by atoms with E-state index in [1.54, 1.807) is 31.8 Å². The van der Waals surface area contributed by atoms with E-state index >= 15 is 0 Å². The van der Waals surface area contributed by atoms with Gasteiger partial charge >= 0.3 is 0 Å². The second-order valence-electron chi connectivity index (χ2n) is 5.74. The van der Waals surface area contributed by atoms with Crippen LogP contribution in [-0.4, -0.2) is 32.8 Å². The van der Waals surface area contributed by atoms with Crippen molar-refractivity contribution < 1.29 is 9.21 Å². The van der Waals surface area contributed by atoms with E-state index in [9.17, 15) is 4.79 Å². The standard InChI is InChI=1S/C17H19N5O2/c1-21(10-14-6-7-24-12-14)9-13-4-3-5-15(8-13)17(23)18-16-11-22(2)20-19-16/h3-8,11-12H,9-10H2,1-2H3,(H,18,23). The maximum absolute atomic E-state index is 12.3. The molecule has 0 atom stereocenters. The number of furan rings is 1. The molecule has 0 unspecified atom stereocenters. The lowest BCUT2D eigenvalue weighted by molar-refractivity contribution is 0.102. The Morgan fingerprint density at radius 3 is 2.83 bits per heavy atom. The molecule has 2 aromatic heterocycles. The third-order valence-corrected chi connectivity index (χ3v) is 3.52. The average Bonchev–Trinajstić information content (AvgIpc) is 3.19. The fraction of sp³-hybridized carbons (Fsp3) is 0.235. The van der Waals surface area contributed by atoms with Gasteiger partial charge in [0.05, 0.1) is 18.7 Å². The number of anilines is 1. The minimum absolute atomic E-state index is 0.199. The van der Waals surface area contributed by atoms with Crippen LogP contribution in [0, 0.1) is 0 Å². The maximum Gasteiger partial charge on any atom is 0.256 e. The van der Waals surface area contributed by atoms with Gasteiger partial charge in [0.15, 0.2) is 5.82 Å². The molecular formula is C17H19N5O2. The molecule has 0 bridgehead atoms. The highest BCUT2D eigenvalue weighted by atomic mass is 16.3. The number of nitrogens with zero attached hydrogens (tertiary/aromatic N) is 4. The van der Waals surface area contributed by atoms with Crippen LogP contribution in [0.15, 0.2) is 53.5 Å². The van der Waals surface area contributed by atoms with Gasteiger partial charge in [0.25, 0.3) is 5.91 Å². The number of hydrogen-bond acceptors (Lipinski definition) is 5. The lowest BCUT2D eigenvalue weighted by atomic mass is 10.1. The first-order chi connectivity index (χ1) is 11.6. The molecular weight excluding hydrogens is 306 g/mol. The molecule has 7 nitrogen and oxygen atoms in total. The molecule has 0 saturated heterocycles. The van der Waals surface area contributed by atoms with Crippen LogP contribution in [0.4, 0.5) is 5.82 Å². The quantitative estimate of drug-likeness (QED) is 0.752. The number of hydrogen-bond donors (Lipinski definition) is 1. The molecule has 1 aromatic carbocycles. The summed E-state index contributed by atoms with van der Waals surface area (Å²) in [4.78, 5) is 14.5. The van der Waals surface area contributed by atoms with E-state index in [0.29, 0.717) is 11.4 Å². The van der Waals surface area contributed by atoms with Crippen molar-refractivity contribution >= 4 is 11.7 Å². The number of aromatic nitrogens is 3. The fourth-order valence-electron chi connectivity index (χ4n) is 2.47. The third kappa shape index (κ3) is 4.08. The van der Waals surface area contributed by atoms with Gasteiger partial charge in [-0.1, -0.05) is 17.3 Å². The molecule has 0 spiro atoms. The van der Waals surface area contributed by atoms with Gasteiger partial charge in [0.2, 0.25) is 0 Å². The van der Waals surface area contributed by atoms with Crippen molar-refractivity contribution in [3.05, 3.63) is 65.7 Å². The highest BCUT2D eigenvalue weighted by Crippen LogP contribution is 2.12. The SMILES string of the molecule is CN(Cc1ccoc1)Cc1cccc(C(=O)Nc2cn(C)nn2)c1. The molecule has 3 aromatic rings. The molecule has 0 fully saturated rings. The Labute approximate surface area is 139 Å². The van der Waals surface area contributed by atoms with Gasteiger partial charge in [-0.3, -0.25) is 14.4 Å². The van der Waals surface area contributed by atoms with Crippen molar-refractivity contribution in [2.75, 3.05) is 12.4 Å². The fourth-order valence-corrected chi connectivity index (χ4v) is 2.47. The van der Waals surface area contributed by atoms with Gasteiger partial charge in [-0.05, 0) is 30.8 Å². The van der Waals surface area contributed by atoms with E-state index in [4.69, 9.17) is 4.42 Å². The number of carbonyl (C=O) groups is 1. The second kappa shape index (κ2) is 7.10. The van der Waals surface area contributed by atoms with E-state index in [-0.39, 0.29) is 5.91 Å². The summed E-state index contributed by atoms with van der Waals surface area (Å²) in [6.07, 6.45) is 5.06. The van der Waals surface area contributed by atoms with Gasteiger partial charge in [-0.2, -0.15) is 0 Å². The molecule has 0 aliphatic carbocycles. The molecule has 124 valence electrons. The van der Waals surface area contributed by atoms with Crippen LogP contribution in [0.1, 0.15) is 21.5 Å². The smallest absolute Gasteiger partial charge is 0.256 e. The van der Waals surface area contributed by atoms with Gasteiger partial charge in [-0.25, -0.2) is 0 Å². The lowest BCUT2D eigenvalue weighted by Crippen LogP contribution is -2.18. The third-order valence-electron chi connectivity index (χ3n) is 3.52. The Morgan fingerprint density at radius 2 is 2.12 bits per heavy atom. The van der Waals surface area contributed by atoms with Gasteiger partial charge in [-0.15, -0.1) is 5.10 Å². The summed E-state index contributed by atoms with van der Waals surface area (Å²) in [6, 6.07) is 9.50. The van der Waals surface area contributed by atoms with E-state index in [2.05, 4.69) is 20.5 Å². The molecule has 1 N–H and O–H groups in total. The van der Waals surface area contributed by atoms with Crippen LogP contribution >= 0.6 is 0 Å². The zero-order valence-electron chi connectivity index (χ0n) is 13.6. The molecule has 2 heterocycles. The predicted octanol–water partition coefficient (Wildman–Crippen LogP) is 2.29. The Balaban J connectivity index is 1.63. The zero-order chi connectivity index (χ0) is 16.9. The zero-order valence-corrected chi connectivity index (χ0v) is 13.6. The summed E-state index contributed by atoms with van der Waals surface area (Å²) in [6.45, 7) is 1.52. The molecule has 0 aliphatic heterocycles. The van der Waals surface area contributed by atoms with E-state index < -0.39 is 0 Å². The summed E-state index contributed by atoms with van der Waals surface area (Å²) in [7, 11) is 3.78. The first kappa shape index (κ1) is 15.9. The van der Waals surface area contributed by atoms with Gasteiger partial charge < -0.3 is 9.73 Å². The first-order valence-corrected chi connectivity index (χ1v) is 7.56. The van der Waals surface area contributed by atoms with Crippen LogP contribution in [0.5, 0.6) is 0 Å². The lowest BCUT2D eigenvalue weighted by Gasteiger charge is -2.16. The predicted molar refractivity (Wildman–Crippen MR) is 89.3 cm³/mol. The molecule has 24 heavy (non-hydrogen) atoms. The Hall–Kier alpha value is -2.93. The number of benzene rings is 1. The molecule has 0 saturated carbocycles. The highest BCUT2D eigenvalue weighted by molar-refractivity contribution is 6.03. The minimum atomic E-state index is -0.199. The average molecular weight is 325 g/mol. The van der Waals surface area contributed by atoms with Crippen LogP contribution in [0.2, 0.25) is 0 Å². The van der Waals surface area contributed by atoms with Crippen molar-refractivity contribution in [1.29, 1.82) is 0 Å². The molecule has 0 aliphatic rings. The summed E-state index contributed by atoms with van der Waals surface area (Å²) in [5.41, 5.74) is 2.77. The number of rotatable bonds is 6. The summed E-state index contributed by atoms with van der Waals surface area (Å²) < 4.78 is 6.62. The second-order valence-corrected chi connectivity index (χ2v) is 5.74. The summed E-state index contributed by atoms with van der Waals surface area (Å²) >= 11 is 0. The number of carbonyl (C=O) groups excluding carboxylic acids is 1. The Kier molecular flexibility index (Phi) is 4.72. The topological polar surface area (TPSA) is 76.2 Å². The van der Waals surface area contributed by atoms with Crippen molar-refractivity contribution in [2.24, 2.45) is 7.05 Å². The van der Waals surface area contributed by atoms with Crippen LogP contribution < -0.4 is 5.32 Å². The monoisotopic (exact) mass is 325 g/mol. The summed E-state index contributed by atoms with van der Waals surface area (Å²) in [5.74, 6) is 0.236. The van der Waals surface area contributed by atoms with E-state index in [0.717, 1.165) is 24.2 Å². The van der Waals surface area contributed by atoms with Crippen LogP contribution in [-0.2, 0) is 20.1 Å². The van der Waals surface area contributed by atoms with E-state index in [1.165, 1.54) is 4.68 Å². The number of aryl methyl sites for hydroxylation is 1. The van der Waals surface area contributed by atoms with Crippen molar-refractivity contribution in [3.63, 3.8) is 0 Å². The molecule has 1 amide bonds. The van der Waals surface area contributed by atoms with E-state index in [1.807, 2.05) is 31.3 Å². The highest BCUT2D eigenvalue weighted by Gasteiger charge is 2.10. The molecule has 3 rings (SSSR count). The minimum Gasteiger partial charge on any atom is -0.472 e. The summed E-state index contributed by atoms with van der Waals surface area (Å²) in [5, 5.41) is 10.4. The Morgan fingerprint density at radius 1 is 1.29 bits per heavy atom. The van der Waals surface area contributed by atoms with Gasteiger partial charge in [0.1, 0.15) is 0 Å². The maximum atomic E-state index is 12.3. The first-order valence-electron chi connectivity index (χ1n) is 7.56. The van der Waals surface area contributed by atoms with Crippen molar-refractivity contribution in [3.8, 4) is 0 Å². The normalized spacial score (nSPS) is 11.0. The molecule has 0 radical (unpaired) electrons. The largest absolute Gasteiger partial charge is 0.472 e.